The molecule has 2 amide bonds. The number of thiophene rings is 1. The molecule has 0 unspecified atom stereocenters. The monoisotopic (exact) mass is 322 g/mol. The zero-order valence-electron chi connectivity index (χ0n) is 12.1. The number of nitrogens with one attached hydrogen (secondary N) is 1. The average molecular weight is 322 g/mol. The summed E-state index contributed by atoms with van der Waals surface area (Å²) in [5, 5.41) is 13.9. The number of likely N-dealkylation sites (tertiary alicyclic amines) is 1. The molecule has 6 nitrogen and oxygen atoms in total. The van der Waals surface area contributed by atoms with Gasteiger partial charge in [0, 0.05) is 13.1 Å². The molecule has 1 saturated heterocycles. The molecule has 0 bridgehead atoms. The Hall–Kier alpha value is -1.89. The largest absolute Gasteiger partial charge is 0.481 e. The number of carboxylic acids is 1. The predicted molar refractivity (Wildman–Crippen MR) is 80.6 cm³/mol. The van der Waals surface area contributed by atoms with E-state index in [9.17, 15) is 19.5 Å². The quantitative estimate of drug-likeness (QED) is 0.872. The smallest absolute Gasteiger partial charge is 0.311 e. The Morgan fingerprint density at radius 2 is 2.27 bits per heavy atom. The van der Waals surface area contributed by atoms with Gasteiger partial charge in [0.1, 0.15) is 0 Å². The normalized spacial score (nSPS) is 26.7. The van der Waals surface area contributed by atoms with Crippen LogP contribution in [0.25, 0.3) is 0 Å². The molecule has 22 heavy (non-hydrogen) atoms. The van der Waals surface area contributed by atoms with Crippen molar-refractivity contribution in [1.29, 1.82) is 0 Å². The third kappa shape index (κ3) is 2.49. The summed E-state index contributed by atoms with van der Waals surface area (Å²) in [7, 11) is 0. The lowest BCUT2D eigenvalue weighted by atomic mass is 9.81. The maximum atomic E-state index is 12.2. The van der Waals surface area contributed by atoms with Gasteiger partial charge in [-0.25, -0.2) is 0 Å². The van der Waals surface area contributed by atoms with E-state index < -0.39 is 11.4 Å². The molecular formula is C15H18N2O4S. The van der Waals surface area contributed by atoms with Gasteiger partial charge in [-0.2, -0.15) is 0 Å². The minimum absolute atomic E-state index is 0.0435. The van der Waals surface area contributed by atoms with Crippen LogP contribution in [-0.2, 0) is 9.59 Å². The first-order valence-electron chi connectivity index (χ1n) is 7.36. The molecule has 0 radical (unpaired) electrons. The van der Waals surface area contributed by atoms with Crippen molar-refractivity contribution in [3.8, 4) is 0 Å². The molecule has 2 heterocycles. The van der Waals surface area contributed by atoms with Crippen molar-refractivity contribution in [3.05, 3.63) is 22.4 Å². The van der Waals surface area contributed by atoms with Gasteiger partial charge in [0.05, 0.1) is 16.8 Å². The first kappa shape index (κ1) is 15.0. The Morgan fingerprint density at radius 1 is 1.45 bits per heavy atom. The number of rotatable bonds is 4. The van der Waals surface area contributed by atoms with E-state index in [1.807, 2.05) is 0 Å². The van der Waals surface area contributed by atoms with Crippen LogP contribution in [0, 0.1) is 11.3 Å². The summed E-state index contributed by atoms with van der Waals surface area (Å²) in [6.07, 6.45) is 2.41. The summed E-state index contributed by atoms with van der Waals surface area (Å²) >= 11 is 1.32. The molecule has 3 rings (SSSR count). The number of hydrogen-bond donors (Lipinski definition) is 2. The van der Waals surface area contributed by atoms with Gasteiger partial charge in [-0.15, -0.1) is 11.3 Å². The van der Waals surface area contributed by atoms with Gasteiger partial charge in [0.15, 0.2) is 0 Å². The highest BCUT2D eigenvalue weighted by Gasteiger charge is 2.55. The van der Waals surface area contributed by atoms with Gasteiger partial charge in [0.25, 0.3) is 5.91 Å². The van der Waals surface area contributed by atoms with E-state index in [2.05, 4.69) is 5.32 Å². The molecule has 1 aliphatic carbocycles. The van der Waals surface area contributed by atoms with Crippen molar-refractivity contribution >= 4 is 29.1 Å². The number of aliphatic carboxylic acids is 1. The van der Waals surface area contributed by atoms with Crippen LogP contribution in [0.4, 0.5) is 0 Å². The molecule has 2 N–H and O–H groups in total. The Balaban J connectivity index is 1.58. The van der Waals surface area contributed by atoms with Gasteiger partial charge in [0.2, 0.25) is 5.91 Å². The number of amides is 2. The highest BCUT2D eigenvalue weighted by atomic mass is 32.1. The maximum absolute atomic E-state index is 12.2. The van der Waals surface area contributed by atoms with Gasteiger partial charge < -0.3 is 15.3 Å². The number of fused-ring (bicyclic) bond motifs is 1. The summed E-state index contributed by atoms with van der Waals surface area (Å²) in [5.74, 6) is -1.23. The fourth-order valence-electron chi connectivity index (χ4n) is 3.59. The molecule has 0 spiro atoms. The van der Waals surface area contributed by atoms with Crippen LogP contribution in [0.5, 0.6) is 0 Å². The van der Waals surface area contributed by atoms with E-state index in [1.165, 1.54) is 11.3 Å². The Labute approximate surface area is 132 Å². The molecular weight excluding hydrogens is 304 g/mol. The Bertz CT molecular complexity index is 601. The van der Waals surface area contributed by atoms with E-state index in [1.54, 1.807) is 22.4 Å². The van der Waals surface area contributed by atoms with Crippen LogP contribution >= 0.6 is 11.3 Å². The second-order valence-electron chi connectivity index (χ2n) is 5.98. The topological polar surface area (TPSA) is 86.7 Å². The molecule has 1 aromatic heterocycles. The fourth-order valence-corrected chi connectivity index (χ4v) is 4.23. The van der Waals surface area contributed by atoms with Crippen molar-refractivity contribution in [2.24, 2.45) is 11.3 Å². The lowest BCUT2D eigenvalue weighted by Gasteiger charge is -2.23. The average Bonchev–Trinajstić information content (AvgIpc) is 3.17. The van der Waals surface area contributed by atoms with Crippen molar-refractivity contribution in [3.63, 3.8) is 0 Å². The lowest BCUT2D eigenvalue weighted by Crippen LogP contribution is -2.41. The molecule has 0 aromatic carbocycles. The lowest BCUT2D eigenvalue weighted by molar-refractivity contribution is -0.149. The zero-order chi connectivity index (χ0) is 15.7. The summed E-state index contributed by atoms with van der Waals surface area (Å²) in [6.45, 7) is 0.667. The minimum atomic E-state index is -0.798. The van der Waals surface area contributed by atoms with Crippen molar-refractivity contribution in [2.45, 2.75) is 19.3 Å². The number of carbonyl (C=O) groups is 3. The Morgan fingerprint density at radius 3 is 2.91 bits per heavy atom. The van der Waals surface area contributed by atoms with Crippen LogP contribution in [0.15, 0.2) is 17.5 Å². The van der Waals surface area contributed by atoms with Crippen molar-refractivity contribution in [2.75, 3.05) is 19.6 Å². The fraction of sp³-hybridized carbons (Fsp3) is 0.533. The highest BCUT2D eigenvalue weighted by molar-refractivity contribution is 7.12. The number of hydrogen-bond acceptors (Lipinski definition) is 4. The summed E-state index contributed by atoms with van der Waals surface area (Å²) < 4.78 is 0. The van der Waals surface area contributed by atoms with Gasteiger partial charge >= 0.3 is 5.97 Å². The van der Waals surface area contributed by atoms with E-state index in [-0.39, 0.29) is 30.8 Å². The first-order valence-corrected chi connectivity index (χ1v) is 8.24. The van der Waals surface area contributed by atoms with Crippen LogP contribution < -0.4 is 5.32 Å². The van der Waals surface area contributed by atoms with E-state index in [4.69, 9.17) is 0 Å². The minimum Gasteiger partial charge on any atom is -0.481 e. The molecule has 7 heteroatoms. The second kappa shape index (κ2) is 5.72. The standard InChI is InChI=1S/C15H18N2O4S/c18-12(7-16-13(19)11-4-2-6-22-11)17-8-10-3-1-5-15(10,9-17)14(20)21/h2,4,6,10H,1,3,5,7-9H2,(H,16,19)(H,20,21)/t10-,15+/m0/s1. The van der Waals surface area contributed by atoms with Gasteiger partial charge in [-0.3, -0.25) is 14.4 Å². The Kier molecular flexibility index (Phi) is 3.90. The number of carbonyl (C=O) groups excluding carboxylic acids is 2. The summed E-state index contributed by atoms with van der Waals surface area (Å²) in [4.78, 5) is 37.8. The third-order valence-corrected chi connectivity index (χ3v) is 5.66. The molecule has 1 aromatic rings. The van der Waals surface area contributed by atoms with Crippen LogP contribution in [0.1, 0.15) is 28.9 Å². The predicted octanol–water partition coefficient (Wildman–Crippen LogP) is 1.19. The number of nitrogens with zero attached hydrogens (tertiary/aromatic N) is 1. The van der Waals surface area contributed by atoms with Crippen molar-refractivity contribution in [1.82, 2.24) is 10.2 Å². The van der Waals surface area contributed by atoms with E-state index in [0.29, 0.717) is 17.8 Å². The molecule has 1 saturated carbocycles. The maximum Gasteiger partial charge on any atom is 0.311 e. The third-order valence-electron chi connectivity index (χ3n) is 4.79. The molecule has 2 aliphatic rings. The van der Waals surface area contributed by atoms with Crippen molar-refractivity contribution < 1.29 is 19.5 Å². The molecule has 1 aliphatic heterocycles. The molecule has 118 valence electrons. The molecule has 2 fully saturated rings. The van der Waals surface area contributed by atoms with Crippen LogP contribution in [0.3, 0.4) is 0 Å². The molecule has 2 atom stereocenters. The van der Waals surface area contributed by atoms with Gasteiger partial charge in [-0.1, -0.05) is 12.5 Å². The summed E-state index contributed by atoms with van der Waals surface area (Å²) in [6, 6.07) is 3.48. The van der Waals surface area contributed by atoms with Crippen LogP contribution in [0.2, 0.25) is 0 Å². The highest BCUT2D eigenvalue weighted by Crippen LogP contribution is 2.48. The SMILES string of the molecule is O=C(NCC(=O)N1C[C@@H]2CCC[C@@]2(C(=O)O)C1)c1cccs1. The number of carboxylic acid groups (broad SMARTS) is 1. The first-order chi connectivity index (χ1) is 10.5. The van der Waals surface area contributed by atoms with Gasteiger partial charge in [-0.05, 0) is 30.2 Å². The van der Waals surface area contributed by atoms with E-state index in [0.717, 1.165) is 12.8 Å². The van der Waals surface area contributed by atoms with E-state index >= 15 is 0 Å². The summed E-state index contributed by atoms with van der Waals surface area (Å²) in [5.41, 5.74) is -0.770. The second-order valence-corrected chi connectivity index (χ2v) is 6.93. The zero-order valence-corrected chi connectivity index (χ0v) is 12.9. The van der Waals surface area contributed by atoms with Crippen LogP contribution in [-0.4, -0.2) is 47.4 Å².